The third kappa shape index (κ3) is 4.94. The van der Waals surface area contributed by atoms with E-state index >= 15 is 0 Å². The van der Waals surface area contributed by atoms with Gasteiger partial charge in [-0.1, -0.05) is 23.2 Å². The number of pyridine rings is 1. The third-order valence-corrected chi connectivity index (χ3v) is 5.93. The van der Waals surface area contributed by atoms with Crippen LogP contribution in [-0.4, -0.2) is 50.3 Å². The monoisotopic (exact) mass is 434 g/mol. The van der Waals surface area contributed by atoms with E-state index in [9.17, 15) is 4.79 Å². The van der Waals surface area contributed by atoms with E-state index < -0.39 is 0 Å². The molecule has 4 rings (SSSR count). The van der Waals surface area contributed by atoms with Gasteiger partial charge in [0.15, 0.2) is 0 Å². The molecule has 29 heavy (non-hydrogen) atoms. The predicted molar refractivity (Wildman–Crippen MR) is 117 cm³/mol. The number of amides is 1. The van der Waals surface area contributed by atoms with Crippen LogP contribution in [0.3, 0.4) is 0 Å². The van der Waals surface area contributed by atoms with Crippen LogP contribution in [0.2, 0.25) is 10.0 Å². The van der Waals surface area contributed by atoms with Crippen molar-refractivity contribution in [2.24, 2.45) is 5.92 Å². The number of hydrogen-bond acceptors (Lipinski definition) is 5. The summed E-state index contributed by atoms with van der Waals surface area (Å²) in [7, 11) is 0. The van der Waals surface area contributed by atoms with Crippen LogP contribution in [0.1, 0.15) is 12.8 Å². The Morgan fingerprint density at radius 1 is 1.00 bits per heavy atom. The quantitative estimate of drug-likeness (QED) is 0.785. The minimum atomic E-state index is -0.0323. The lowest BCUT2D eigenvalue weighted by molar-refractivity contribution is -0.120. The molecule has 154 valence electrons. The first kappa shape index (κ1) is 20.3. The molecule has 0 atom stereocenters. The van der Waals surface area contributed by atoms with E-state index in [-0.39, 0.29) is 11.8 Å². The number of ether oxygens (including phenoxy) is 1. The maximum absolute atomic E-state index is 13.0. The highest BCUT2D eigenvalue weighted by Gasteiger charge is 2.27. The summed E-state index contributed by atoms with van der Waals surface area (Å²) in [6, 6.07) is 9.42. The number of carbonyl (C=O) groups is 1. The van der Waals surface area contributed by atoms with Crippen LogP contribution in [-0.2, 0) is 9.53 Å². The van der Waals surface area contributed by atoms with Crippen molar-refractivity contribution in [3.05, 3.63) is 46.6 Å². The van der Waals surface area contributed by atoms with Gasteiger partial charge in [0, 0.05) is 43.3 Å². The highest BCUT2D eigenvalue weighted by Crippen LogP contribution is 2.31. The Bertz CT molecular complexity index is 848. The standard InChI is InChI=1S/C21H24Cl2N4O2/c22-16-1-3-19(26-9-11-29-12-10-26)18(13-16)25-21(28)15-5-7-27(8-6-15)20-4-2-17(23)14-24-20/h1-4,13-15H,5-12H2,(H,25,28). The molecule has 1 aromatic carbocycles. The molecule has 0 spiro atoms. The van der Waals surface area contributed by atoms with Gasteiger partial charge in [-0.2, -0.15) is 0 Å². The fourth-order valence-corrected chi connectivity index (χ4v) is 4.13. The number of piperidine rings is 1. The van der Waals surface area contributed by atoms with Crippen molar-refractivity contribution in [2.45, 2.75) is 12.8 Å². The Balaban J connectivity index is 1.40. The van der Waals surface area contributed by atoms with E-state index in [1.165, 1.54) is 0 Å². The number of nitrogens with one attached hydrogen (secondary N) is 1. The largest absolute Gasteiger partial charge is 0.378 e. The molecule has 0 radical (unpaired) electrons. The Labute approximate surface area is 180 Å². The second-order valence-corrected chi connectivity index (χ2v) is 8.22. The molecule has 2 saturated heterocycles. The molecule has 2 aromatic rings. The lowest BCUT2D eigenvalue weighted by Crippen LogP contribution is -2.39. The van der Waals surface area contributed by atoms with Gasteiger partial charge in [-0.25, -0.2) is 4.98 Å². The molecule has 0 bridgehead atoms. The SMILES string of the molecule is O=C(Nc1cc(Cl)ccc1N1CCOCC1)C1CCN(c2ccc(Cl)cn2)CC1. The number of anilines is 3. The van der Waals surface area contributed by atoms with Crippen molar-refractivity contribution in [2.75, 3.05) is 54.5 Å². The fraction of sp³-hybridized carbons (Fsp3) is 0.429. The third-order valence-electron chi connectivity index (χ3n) is 5.47. The zero-order valence-corrected chi connectivity index (χ0v) is 17.6. The molecule has 6 nitrogen and oxygen atoms in total. The molecule has 2 aliphatic heterocycles. The Hall–Kier alpha value is -2.02. The van der Waals surface area contributed by atoms with Crippen LogP contribution in [0.4, 0.5) is 17.2 Å². The number of benzene rings is 1. The number of nitrogens with zero attached hydrogens (tertiary/aromatic N) is 3. The number of carbonyl (C=O) groups excluding carboxylic acids is 1. The van der Waals surface area contributed by atoms with Crippen LogP contribution >= 0.6 is 23.2 Å². The zero-order valence-electron chi connectivity index (χ0n) is 16.1. The molecule has 2 fully saturated rings. The average molecular weight is 435 g/mol. The molecule has 1 aromatic heterocycles. The second kappa shape index (κ2) is 9.20. The van der Waals surface area contributed by atoms with Gasteiger partial charge >= 0.3 is 0 Å². The summed E-state index contributed by atoms with van der Waals surface area (Å²) in [6.45, 7) is 4.56. The van der Waals surface area contributed by atoms with Crippen molar-refractivity contribution < 1.29 is 9.53 Å². The van der Waals surface area contributed by atoms with Gasteiger partial charge in [0.05, 0.1) is 29.6 Å². The highest BCUT2D eigenvalue weighted by atomic mass is 35.5. The topological polar surface area (TPSA) is 57.7 Å². The molecule has 8 heteroatoms. The first-order valence-electron chi connectivity index (χ1n) is 9.90. The minimum absolute atomic E-state index is 0.0323. The second-order valence-electron chi connectivity index (χ2n) is 7.35. The summed E-state index contributed by atoms with van der Waals surface area (Å²) in [5, 5.41) is 4.36. The van der Waals surface area contributed by atoms with E-state index in [1.54, 1.807) is 6.20 Å². The average Bonchev–Trinajstić information content (AvgIpc) is 2.75. The number of halogens is 2. The van der Waals surface area contributed by atoms with Gasteiger partial charge < -0.3 is 19.9 Å². The molecule has 0 aliphatic carbocycles. The van der Waals surface area contributed by atoms with Crippen LogP contribution in [0, 0.1) is 5.92 Å². The van der Waals surface area contributed by atoms with E-state index in [2.05, 4.69) is 20.1 Å². The maximum atomic E-state index is 13.0. The van der Waals surface area contributed by atoms with E-state index in [4.69, 9.17) is 27.9 Å². The minimum Gasteiger partial charge on any atom is -0.378 e. The van der Waals surface area contributed by atoms with Gasteiger partial charge in [-0.15, -0.1) is 0 Å². The van der Waals surface area contributed by atoms with E-state index in [1.807, 2.05) is 30.3 Å². The molecular formula is C21H24Cl2N4O2. The van der Waals surface area contributed by atoms with Gasteiger partial charge in [0.2, 0.25) is 5.91 Å². The molecule has 0 saturated carbocycles. The Morgan fingerprint density at radius 2 is 1.72 bits per heavy atom. The summed E-state index contributed by atoms with van der Waals surface area (Å²) in [5.74, 6) is 0.915. The van der Waals surface area contributed by atoms with Crippen LogP contribution in [0.15, 0.2) is 36.5 Å². The van der Waals surface area contributed by atoms with E-state index in [0.29, 0.717) is 23.3 Å². The van der Waals surface area contributed by atoms with E-state index in [0.717, 1.165) is 56.2 Å². The highest BCUT2D eigenvalue weighted by molar-refractivity contribution is 6.31. The molecule has 2 aliphatic rings. The van der Waals surface area contributed by atoms with Crippen molar-refractivity contribution >= 4 is 46.3 Å². The van der Waals surface area contributed by atoms with Crippen molar-refractivity contribution in [1.82, 2.24) is 4.98 Å². The summed E-state index contributed by atoms with van der Waals surface area (Å²) in [6.07, 6.45) is 3.22. The maximum Gasteiger partial charge on any atom is 0.227 e. The van der Waals surface area contributed by atoms with Gasteiger partial charge in [0.1, 0.15) is 5.82 Å². The van der Waals surface area contributed by atoms with Crippen molar-refractivity contribution in [3.63, 3.8) is 0 Å². The first-order valence-corrected chi connectivity index (χ1v) is 10.7. The molecule has 0 unspecified atom stereocenters. The summed E-state index contributed by atoms with van der Waals surface area (Å²) in [5.41, 5.74) is 1.76. The number of hydrogen-bond donors (Lipinski definition) is 1. The van der Waals surface area contributed by atoms with Gasteiger partial charge in [-0.05, 0) is 43.2 Å². The van der Waals surface area contributed by atoms with Crippen LogP contribution in [0.25, 0.3) is 0 Å². The van der Waals surface area contributed by atoms with Crippen LogP contribution < -0.4 is 15.1 Å². The number of morpholine rings is 1. The molecule has 1 amide bonds. The van der Waals surface area contributed by atoms with Gasteiger partial charge in [-0.3, -0.25) is 4.79 Å². The Kier molecular flexibility index (Phi) is 6.43. The summed E-state index contributed by atoms with van der Waals surface area (Å²) < 4.78 is 5.44. The smallest absolute Gasteiger partial charge is 0.227 e. The first-order chi connectivity index (χ1) is 14.1. The Morgan fingerprint density at radius 3 is 2.41 bits per heavy atom. The molecule has 1 N–H and O–H groups in total. The van der Waals surface area contributed by atoms with Crippen LogP contribution in [0.5, 0.6) is 0 Å². The molecular weight excluding hydrogens is 411 g/mol. The predicted octanol–water partition coefficient (Wildman–Crippen LogP) is 4.08. The normalized spacial score (nSPS) is 18.0. The number of rotatable bonds is 4. The lowest BCUT2D eigenvalue weighted by Gasteiger charge is -2.33. The zero-order chi connectivity index (χ0) is 20.2. The summed E-state index contributed by atoms with van der Waals surface area (Å²) >= 11 is 12.1. The molecule has 3 heterocycles. The number of aromatic nitrogens is 1. The lowest BCUT2D eigenvalue weighted by atomic mass is 9.95. The van der Waals surface area contributed by atoms with Crippen molar-refractivity contribution in [1.29, 1.82) is 0 Å². The van der Waals surface area contributed by atoms with Gasteiger partial charge in [0.25, 0.3) is 0 Å². The van der Waals surface area contributed by atoms with Crippen molar-refractivity contribution in [3.8, 4) is 0 Å². The fourth-order valence-electron chi connectivity index (χ4n) is 3.85. The summed E-state index contributed by atoms with van der Waals surface area (Å²) in [4.78, 5) is 21.7.